The second kappa shape index (κ2) is 10.7. The van der Waals surface area contributed by atoms with E-state index in [0.717, 1.165) is 0 Å². The molecule has 3 atom stereocenters. The topological polar surface area (TPSA) is 132 Å². The Labute approximate surface area is 176 Å². The summed E-state index contributed by atoms with van der Waals surface area (Å²) in [5.41, 5.74) is 6.05. The molecule has 1 amide bonds. The van der Waals surface area contributed by atoms with E-state index in [1.165, 1.54) is 0 Å². The maximum atomic E-state index is 12.5. The summed E-state index contributed by atoms with van der Waals surface area (Å²) < 4.78 is 26.0. The number of nitrogens with two attached hydrogens (primary N) is 1. The number of nitriles is 1. The molecule has 0 spiro atoms. The summed E-state index contributed by atoms with van der Waals surface area (Å²) in [7, 11) is 0. The van der Waals surface area contributed by atoms with Gasteiger partial charge in [-0.15, -0.1) is 4.72 Å². The van der Waals surface area contributed by atoms with E-state index in [-0.39, 0.29) is 13.0 Å². The van der Waals surface area contributed by atoms with Crippen LogP contribution in [0.4, 0.5) is 4.79 Å². The van der Waals surface area contributed by atoms with Crippen molar-refractivity contribution in [1.82, 2.24) is 10.0 Å². The average Bonchev–Trinajstić information content (AvgIpc) is 2.58. The Bertz CT molecular complexity index is 710. The first kappa shape index (κ1) is 25.0. The highest BCUT2D eigenvalue weighted by molar-refractivity contribution is 7.90. The van der Waals surface area contributed by atoms with Gasteiger partial charge < -0.3 is 19.3 Å². The molecular weight excluding hydrogens is 392 g/mol. The number of nitrogens with zero attached hydrogens (tertiary/aromatic N) is 1. The minimum absolute atomic E-state index is 0.0352. The maximum absolute atomic E-state index is 12.5. The third-order valence-electron chi connectivity index (χ3n) is 3.52. The number of benzene rings is 1. The average molecular weight is 425 g/mol. The van der Waals surface area contributed by atoms with E-state index in [2.05, 4.69) is 16.1 Å². The molecule has 1 unspecified atom stereocenters. The number of rotatable bonds is 8. The Morgan fingerprint density at radius 3 is 2.45 bits per heavy atom. The third-order valence-corrected chi connectivity index (χ3v) is 5.13. The van der Waals surface area contributed by atoms with Crippen LogP contribution in [0.15, 0.2) is 24.3 Å². The summed E-state index contributed by atoms with van der Waals surface area (Å²) in [6.45, 7) is 10.9. The van der Waals surface area contributed by atoms with Crippen molar-refractivity contribution in [3.05, 3.63) is 29.8 Å². The number of nitrogens with one attached hydrogen (secondary N) is 2. The number of alkyl carbamates (subject to hydrolysis) is 1. The second-order valence-corrected chi connectivity index (χ2v) is 10.5. The van der Waals surface area contributed by atoms with Crippen LogP contribution in [0, 0.1) is 11.3 Å². The molecule has 1 rings (SSSR count). The summed E-state index contributed by atoms with van der Waals surface area (Å²) in [5, 5.41) is 11.8. The monoisotopic (exact) mass is 424 g/mol. The Morgan fingerprint density at radius 1 is 1.28 bits per heavy atom. The van der Waals surface area contributed by atoms with E-state index in [9.17, 15) is 14.6 Å². The summed E-state index contributed by atoms with van der Waals surface area (Å²) in [6.07, 6.45) is -1.32. The molecule has 0 bridgehead atoms. The number of ether oxygens (including phenoxy) is 2. The quantitative estimate of drug-likeness (QED) is 0.432. The summed E-state index contributed by atoms with van der Waals surface area (Å²) in [5.74, 6) is 0.449. The molecule has 0 radical (unpaired) electrons. The van der Waals surface area contributed by atoms with Gasteiger partial charge in [0.2, 0.25) is 0 Å². The third kappa shape index (κ3) is 9.37. The Balaban J connectivity index is 2.85. The van der Waals surface area contributed by atoms with E-state index in [4.69, 9.17) is 15.2 Å². The van der Waals surface area contributed by atoms with Crippen LogP contribution in [-0.2, 0) is 16.1 Å². The number of hydrogen-bond donors (Lipinski definition) is 3. The van der Waals surface area contributed by atoms with E-state index >= 15 is 0 Å². The van der Waals surface area contributed by atoms with Crippen molar-refractivity contribution in [2.45, 2.75) is 70.6 Å². The van der Waals surface area contributed by atoms with Gasteiger partial charge in [0.1, 0.15) is 16.1 Å². The fourth-order valence-electron chi connectivity index (χ4n) is 2.19. The standard InChI is InChI=1S/C20H32N4O4S/c1-19(2,3)28-18(25)23-13-17(22)27-16-10-8-7-9-14(16)15(11-12-21)24-29(26)20(4,5)6/h7-10,15,17,24H,11,13,22H2,1-6H3,(H,23,25)/t15-,17-,29?/m1/s1. The van der Waals surface area contributed by atoms with Gasteiger partial charge in [0.15, 0.2) is 6.23 Å². The molecule has 0 fully saturated rings. The van der Waals surface area contributed by atoms with Crippen LogP contribution in [-0.4, -0.2) is 33.8 Å². The molecule has 0 aliphatic rings. The normalized spacial score (nSPS) is 15.0. The molecule has 0 aromatic heterocycles. The Hall–Kier alpha value is -1.99. The van der Waals surface area contributed by atoms with E-state index in [1.54, 1.807) is 45.0 Å². The maximum Gasteiger partial charge on any atom is 0.407 e. The molecule has 162 valence electrons. The van der Waals surface area contributed by atoms with Crippen LogP contribution in [0.2, 0.25) is 0 Å². The van der Waals surface area contributed by atoms with Gasteiger partial charge in [0.05, 0.1) is 25.1 Å². The highest BCUT2D eigenvalue weighted by Gasteiger charge is 2.31. The van der Waals surface area contributed by atoms with Gasteiger partial charge in [0.25, 0.3) is 0 Å². The largest absolute Gasteiger partial charge is 0.598 e. The lowest BCUT2D eigenvalue weighted by atomic mass is 10.0. The van der Waals surface area contributed by atoms with Crippen LogP contribution in [0.1, 0.15) is 59.6 Å². The predicted molar refractivity (Wildman–Crippen MR) is 113 cm³/mol. The van der Waals surface area contributed by atoms with Crippen LogP contribution in [0.5, 0.6) is 5.75 Å². The van der Waals surface area contributed by atoms with Crippen molar-refractivity contribution in [3.8, 4) is 11.8 Å². The lowest BCUT2D eigenvalue weighted by Crippen LogP contribution is -2.43. The van der Waals surface area contributed by atoms with Gasteiger partial charge in [0, 0.05) is 16.9 Å². The van der Waals surface area contributed by atoms with Gasteiger partial charge >= 0.3 is 6.09 Å². The first-order chi connectivity index (χ1) is 13.3. The zero-order chi connectivity index (χ0) is 22.2. The van der Waals surface area contributed by atoms with Crippen LogP contribution < -0.4 is 20.5 Å². The second-order valence-electron chi connectivity index (χ2n) is 8.49. The molecule has 1 aromatic rings. The molecule has 0 saturated carbocycles. The number of carbonyl (C=O) groups is 1. The van der Waals surface area contributed by atoms with Crippen LogP contribution in [0.25, 0.3) is 0 Å². The van der Waals surface area contributed by atoms with Gasteiger partial charge in [-0.2, -0.15) is 5.26 Å². The Kier molecular flexibility index (Phi) is 9.23. The number of para-hydroxylation sites is 1. The SMILES string of the molecule is CC(C)(C)OC(=O)NC[C@H](N)Oc1ccccc1[C@@H](CC#N)N[S+]([O-])C(C)(C)C. The van der Waals surface area contributed by atoms with E-state index in [0.29, 0.717) is 11.3 Å². The van der Waals surface area contributed by atoms with Gasteiger partial charge in [-0.3, -0.25) is 5.73 Å². The molecule has 0 heterocycles. The summed E-state index contributed by atoms with van der Waals surface area (Å²) in [6, 6.07) is 8.70. The zero-order valence-electron chi connectivity index (χ0n) is 17.9. The lowest BCUT2D eigenvalue weighted by molar-refractivity contribution is 0.0502. The summed E-state index contributed by atoms with van der Waals surface area (Å²) >= 11 is -1.37. The molecule has 0 saturated heterocycles. The van der Waals surface area contributed by atoms with E-state index in [1.807, 2.05) is 20.8 Å². The van der Waals surface area contributed by atoms with Crippen molar-refractivity contribution >= 4 is 17.5 Å². The zero-order valence-corrected chi connectivity index (χ0v) is 18.8. The van der Waals surface area contributed by atoms with Gasteiger partial charge in [-0.05, 0) is 47.6 Å². The fourth-order valence-corrected chi connectivity index (χ4v) is 3.01. The number of amides is 1. The highest BCUT2D eigenvalue weighted by Crippen LogP contribution is 2.29. The smallest absolute Gasteiger partial charge is 0.407 e. The first-order valence-electron chi connectivity index (χ1n) is 9.36. The number of carbonyl (C=O) groups excluding carboxylic acids is 1. The summed E-state index contributed by atoms with van der Waals surface area (Å²) in [4.78, 5) is 11.8. The first-order valence-corrected chi connectivity index (χ1v) is 10.5. The van der Waals surface area contributed by atoms with Crippen molar-refractivity contribution in [1.29, 1.82) is 5.26 Å². The lowest BCUT2D eigenvalue weighted by Gasteiger charge is -2.28. The molecule has 1 aromatic carbocycles. The molecule has 0 aliphatic heterocycles. The Morgan fingerprint density at radius 2 is 1.90 bits per heavy atom. The van der Waals surface area contributed by atoms with Gasteiger partial charge in [-0.1, -0.05) is 18.2 Å². The van der Waals surface area contributed by atoms with Gasteiger partial charge in [-0.25, -0.2) is 4.79 Å². The highest BCUT2D eigenvalue weighted by atomic mass is 32.2. The minimum atomic E-state index is -1.37. The van der Waals surface area contributed by atoms with Crippen LogP contribution >= 0.6 is 0 Å². The molecule has 9 heteroatoms. The minimum Gasteiger partial charge on any atom is -0.598 e. The van der Waals surface area contributed by atoms with Crippen molar-refractivity contribution < 1.29 is 18.8 Å². The fraction of sp³-hybridized carbons (Fsp3) is 0.600. The molecular formula is C20H32N4O4S. The van der Waals surface area contributed by atoms with Crippen molar-refractivity contribution in [2.75, 3.05) is 6.54 Å². The molecule has 29 heavy (non-hydrogen) atoms. The number of hydrogen-bond acceptors (Lipinski definition) is 7. The van der Waals surface area contributed by atoms with Crippen molar-refractivity contribution in [2.24, 2.45) is 5.73 Å². The van der Waals surface area contributed by atoms with E-state index < -0.39 is 40.1 Å². The van der Waals surface area contributed by atoms with Crippen molar-refractivity contribution in [3.63, 3.8) is 0 Å². The molecule has 0 aliphatic carbocycles. The molecule has 4 N–H and O–H groups in total. The molecule has 8 nitrogen and oxygen atoms in total. The predicted octanol–water partition coefficient (Wildman–Crippen LogP) is 2.88. The van der Waals surface area contributed by atoms with Crippen LogP contribution in [0.3, 0.4) is 0 Å².